The fraction of sp³-hybridized carbons (Fsp3) is 0.364. The van der Waals surface area contributed by atoms with Crippen LogP contribution in [0, 0.1) is 5.82 Å². The number of hydrogen-bond acceptors (Lipinski definition) is 2. The summed E-state index contributed by atoms with van der Waals surface area (Å²) in [6.07, 6.45) is 0.918. The van der Waals surface area contributed by atoms with Crippen LogP contribution in [0.4, 0.5) is 4.39 Å². The van der Waals surface area contributed by atoms with Crippen LogP contribution in [0.3, 0.4) is 0 Å². The van der Waals surface area contributed by atoms with Gasteiger partial charge in [-0.25, -0.2) is 9.37 Å². The number of thiazole rings is 1. The molecule has 0 bridgehead atoms. The second-order valence-electron chi connectivity index (χ2n) is 2.57. The number of benzene rings is 1. The number of hydrogen-bond donors (Lipinski definition) is 0. The summed E-state index contributed by atoms with van der Waals surface area (Å²) < 4.78 is 13.7. The Hall–Kier alpha value is -0.960. The fourth-order valence-corrected chi connectivity index (χ4v) is 2.03. The first kappa shape index (κ1) is 11.1. The molecule has 0 saturated heterocycles. The summed E-state index contributed by atoms with van der Waals surface area (Å²) in [6, 6.07) is 4.70. The summed E-state index contributed by atoms with van der Waals surface area (Å²) in [7, 11) is 0. The van der Waals surface area contributed by atoms with Gasteiger partial charge in [0.1, 0.15) is 5.82 Å². The van der Waals surface area contributed by atoms with Crippen molar-refractivity contribution in [3.63, 3.8) is 0 Å². The zero-order valence-electron chi connectivity index (χ0n) is 8.67. The maximum atomic E-state index is 12.7. The molecule has 0 amide bonds. The molecule has 0 aliphatic carbocycles. The molecule has 1 nitrogen and oxygen atoms in total. The van der Waals surface area contributed by atoms with Crippen LogP contribution in [0.15, 0.2) is 18.2 Å². The molecule has 1 heterocycles. The number of rotatable bonds is 1. The molecule has 0 saturated carbocycles. The molecule has 2 rings (SSSR count). The van der Waals surface area contributed by atoms with Crippen molar-refractivity contribution in [2.24, 2.45) is 0 Å². The summed E-state index contributed by atoms with van der Waals surface area (Å²) in [4.78, 5) is 4.32. The van der Waals surface area contributed by atoms with Crippen LogP contribution in [0.1, 0.15) is 25.8 Å². The first-order valence-electron chi connectivity index (χ1n) is 4.84. The third kappa shape index (κ3) is 2.29. The van der Waals surface area contributed by atoms with Gasteiger partial charge in [-0.05, 0) is 24.6 Å². The first-order chi connectivity index (χ1) is 6.79. The lowest BCUT2D eigenvalue weighted by atomic mass is 10.3. The van der Waals surface area contributed by atoms with Crippen LogP contribution >= 0.6 is 11.3 Å². The molecular formula is C11H14FNS. The van der Waals surface area contributed by atoms with Gasteiger partial charge in [-0.3, -0.25) is 0 Å². The van der Waals surface area contributed by atoms with Gasteiger partial charge < -0.3 is 0 Å². The maximum Gasteiger partial charge on any atom is 0.124 e. The van der Waals surface area contributed by atoms with E-state index >= 15 is 0 Å². The second kappa shape index (κ2) is 5.05. The van der Waals surface area contributed by atoms with E-state index in [9.17, 15) is 4.39 Å². The second-order valence-corrected chi connectivity index (χ2v) is 3.69. The van der Waals surface area contributed by atoms with Crippen molar-refractivity contribution in [2.45, 2.75) is 27.2 Å². The summed E-state index contributed by atoms with van der Waals surface area (Å²) in [5.74, 6) is -0.186. The topological polar surface area (TPSA) is 12.9 Å². The van der Waals surface area contributed by atoms with E-state index in [0.717, 1.165) is 21.6 Å². The lowest BCUT2D eigenvalue weighted by Gasteiger charge is -1.85. The zero-order chi connectivity index (χ0) is 10.6. The molecule has 0 aliphatic heterocycles. The molecule has 0 spiro atoms. The summed E-state index contributed by atoms with van der Waals surface area (Å²) in [5, 5.41) is 1.07. The highest BCUT2D eigenvalue weighted by Crippen LogP contribution is 2.22. The maximum absolute atomic E-state index is 12.7. The van der Waals surface area contributed by atoms with E-state index in [1.807, 2.05) is 20.8 Å². The zero-order valence-corrected chi connectivity index (χ0v) is 9.49. The standard InChI is InChI=1S/C9H8FNS.C2H6/c1-2-9-11-7-4-3-6(10)5-8(7)12-9;1-2/h3-5H,2H2,1H3;1-2H3. The lowest BCUT2D eigenvalue weighted by molar-refractivity contribution is 0.630. The van der Waals surface area contributed by atoms with E-state index < -0.39 is 0 Å². The summed E-state index contributed by atoms with van der Waals surface area (Å²) in [6.45, 7) is 6.05. The molecule has 76 valence electrons. The molecule has 0 atom stereocenters. The van der Waals surface area contributed by atoms with E-state index in [1.165, 1.54) is 12.1 Å². The number of nitrogens with zero attached hydrogens (tertiary/aromatic N) is 1. The average molecular weight is 211 g/mol. The normalized spacial score (nSPS) is 9.71. The summed E-state index contributed by atoms with van der Waals surface area (Å²) in [5.41, 5.74) is 0.901. The Labute approximate surface area is 87.6 Å². The quantitative estimate of drug-likeness (QED) is 0.694. The van der Waals surface area contributed by atoms with Gasteiger partial charge in [-0.1, -0.05) is 20.8 Å². The third-order valence-corrected chi connectivity index (χ3v) is 2.86. The van der Waals surface area contributed by atoms with Gasteiger partial charge in [0.25, 0.3) is 0 Å². The van der Waals surface area contributed by atoms with Crippen molar-refractivity contribution in [2.75, 3.05) is 0 Å². The Kier molecular flexibility index (Phi) is 4.01. The third-order valence-electron chi connectivity index (χ3n) is 1.70. The summed E-state index contributed by atoms with van der Waals surface area (Å²) >= 11 is 1.56. The monoisotopic (exact) mass is 211 g/mol. The average Bonchev–Trinajstić information content (AvgIpc) is 2.62. The van der Waals surface area contributed by atoms with Crippen molar-refractivity contribution in [3.05, 3.63) is 29.0 Å². The minimum absolute atomic E-state index is 0.186. The van der Waals surface area contributed by atoms with Gasteiger partial charge in [0.05, 0.1) is 15.2 Å². The first-order valence-corrected chi connectivity index (χ1v) is 5.66. The van der Waals surface area contributed by atoms with E-state index in [2.05, 4.69) is 4.98 Å². The SMILES string of the molecule is CC.CCc1nc2ccc(F)cc2s1. The molecule has 0 unspecified atom stereocenters. The van der Waals surface area contributed by atoms with Gasteiger partial charge >= 0.3 is 0 Å². The molecule has 0 fully saturated rings. The molecular weight excluding hydrogens is 197 g/mol. The molecule has 0 radical (unpaired) electrons. The Bertz CT molecular complexity index is 409. The highest BCUT2D eigenvalue weighted by atomic mass is 32.1. The van der Waals surface area contributed by atoms with Crippen LogP contribution in [0.2, 0.25) is 0 Å². The van der Waals surface area contributed by atoms with Crippen molar-refractivity contribution >= 4 is 21.6 Å². The molecule has 1 aromatic carbocycles. The Morgan fingerprint density at radius 3 is 2.71 bits per heavy atom. The smallest absolute Gasteiger partial charge is 0.124 e. The minimum Gasteiger partial charge on any atom is -0.241 e. The number of aromatic nitrogens is 1. The van der Waals surface area contributed by atoms with Crippen LogP contribution in [0.25, 0.3) is 10.2 Å². The van der Waals surface area contributed by atoms with Crippen LogP contribution in [0.5, 0.6) is 0 Å². The van der Waals surface area contributed by atoms with E-state index in [4.69, 9.17) is 0 Å². The van der Waals surface area contributed by atoms with Gasteiger partial charge in [0.2, 0.25) is 0 Å². The van der Waals surface area contributed by atoms with Crippen LogP contribution in [-0.4, -0.2) is 4.98 Å². The van der Waals surface area contributed by atoms with E-state index in [0.29, 0.717) is 0 Å². The molecule has 3 heteroatoms. The van der Waals surface area contributed by atoms with Crippen molar-refractivity contribution in [3.8, 4) is 0 Å². The minimum atomic E-state index is -0.186. The van der Waals surface area contributed by atoms with Crippen LogP contribution < -0.4 is 0 Å². The fourth-order valence-electron chi connectivity index (χ4n) is 1.10. The Balaban J connectivity index is 0.000000461. The largest absolute Gasteiger partial charge is 0.241 e. The van der Waals surface area contributed by atoms with Crippen LogP contribution in [-0.2, 0) is 6.42 Å². The molecule has 14 heavy (non-hydrogen) atoms. The predicted molar refractivity (Wildman–Crippen MR) is 60.3 cm³/mol. The van der Waals surface area contributed by atoms with E-state index in [1.54, 1.807) is 17.4 Å². The van der Waals surface area contributed by atoms with Gasteiger partial charge in [0.15, 0.2) is 0 Å². The number of aryl methyl sites for hydroxylation is 1. The van der Waals surface area contributed by atoms with Gasteiger partial charge in [-0.15, -0.1) is 11.3 Å². The number of halogens is 1. The van der Waals surface area contributed by atoms with E-state index in [-0.39, 0.29) is 5.82 Å². The Morgan fingerprint density at radius 1 is 1.36 bits per heavy atom. The number of fused-ring (bicyclic) bond motifs is 1. The van der Waals surface area contributed by atoms with Gasteiger partial charge in [0, 0.05) is 0 Å². The molecule has 1 aromatic heterocycles. The van der Waals surface area contributed by atoms with Crippen molar-refractivity contribution in [1.82, 2.24) is 4.98 Å². The predicted octanol–water partition coefficient (Wildman–Crippen LogP) is 4.02. The highest BCUT2D eigenvalue weighted by Gasteiger charge is 2.01. The van der Waals surface area contributed by atoms with Crippen molar-refractivity contribution < 1.29 is 4.39 Å². The molecule has 0 aliphatic rings. The molecule has 2 aromatic rings. The Morgan fingerprint density at radius 2 is 2.07 bits per heavy atom. The lowest BCUT2D eigenvalue weighted by Crippen LogP contribution is -1.74. The van der Waals surface area contributed by atoms with Gasteiger partial charge in [-0.2, -0.15) is 0 Å². The molecule has 0 N–H and O–H groups in total. The van der Waals surface area contributed by atoms with Crippen molar-refractivity contribution in [1.29, 1.82) is 0 Å². The highest BCUT2D eigenvalue weighted by molar-refractivity contribution is 7.18.